The van der Waals surface area contributed by atoms with Gasteiger partial charge in [0, 0.05) is 5.02 Å². The Bertz CT molecular complexity index is 554. The summed E-state index contributed by atoms with van der Waals surface area (Å²) in [4.78, 5) is 0. The van der Waals surface area contributed by atoms with Crippen LogP contribution in [0.3, 0.4) is 0 Å². The first-order valence-electron chi connectivity index (χ1n) is 5.81. The summed E-state index contributed by atoms with van der Waals surface area (Å²) < 4.78 is 13.2. The molecular weight excluding hydrogens is 249 g/mol. The molecule has 0 saturated carbocycles. The van der Waals surface area contributed by atoms with E-state index >= 15 is 0 Å². The normalized spacial score (nSPS) is 12.4. The SMILES string of the molecule is CNC(c1ccc(F)cc1C)c1ccccc1Cl. The fraction of sp³-hybridized carbons (Fsp3) is 0.200. The summed E-state index contributed by atoms with van der Waals surface area (Å²) in [5.41, 5.74) is 2.94. The molecule has 0 heterocycles. The zero-order chi connectivity index (χ0) is 13.1. The third-order valence-corrected chi connectivity index (χ3v) is 3.39. The molecule has 0 aliphatic heterocycles. The van der Waals surface area contributed by atoms with Crippen LogP contribution in [0.15, 0.2) is 42.5 Å². The number of nitrogens with one attached hydrogen (secondary N) is 1. The first kappa shape index (κ1) is 13.1. The lowest BCUT2D eigenvalue weighted by Crippen LogP contribution is -2.19. The molecule has 2 aromatic carbocycles. The van der Waals surface area contributed by atoms with Crippen molar-refractivity contribution in [2.24, 2.45) is 0 Å². The number of hydrogen-bond acceptors (Lipinski definition) is 1. The van der Waals surface area contributed by atoms with E-state index in [9.17, 15) is 4.39 Å². The lowest BCUT2D eigenvalue weighted by Gasteiger charge is -2.20. The second kappa shape index (κ2) is 5.51. The van der Waals surface area contributed by atoms with Crippen molar-refractivity contribution in [3.05, 3.63) is 70.0 Å². The molecule has 2 rings (SSSR count). The molecule has 0 radical (unpaired) electrons. The van der Waals surface area contributed by atoms with Crippen molar-refractivity contribution in [3.8, 4) is 0 Å². The summed E-state index contributed by atoms with van der Waals surface area (Å²) in [6, 6.07) is 12.5. The van der Waals surface area contributed by atoms with E-state index in [4.69, 9.17) is 11.6 Å². The van der Waals surface area contributed by atoms with Gasteiger partial charge in [-0.05, 0) is 48.9 Å². The zero-order valence-electron chi connectivity index (χ0n) is 10.4. The average molecular weight is 264 g/mol. The van der Waals surface area contributed by atoms with Crippen molar-refractivity contribution >= 4 is 11.6 Å². The Morgan fingerprint density at radius 3 is 2.44 bits per heavy atom. The van der Waals surface area contributed by atoms with E-state index in [1.165, 1.54) is 12.1 Å². The molecule has 0 aliphatic rings. The monoisotopic (exact) mass is 263 g/mol. The van der Waals surface area contributed by atoms with Crippen LogP contribution in [0, 0.1) is 12.7 Å². The predicted molar refractivity (Wildman–Crippen MR) is 73.5 cm³/mol. The molecule has 1 nitrogen and oxygen atoms in total. The van der Waals surface area contributed by atoms with Gasteiger partial charge >= 0.3 is 0 Å². The number of halogens is 2. The van der Waals surface area contributed by atoms with E-state index in [0.29, 0.717) is 5.02 Å². The van der Waals surface area contributed by atoms with Crippen LogP contribution in [0.4, 0.5) is 4.39 Å². The number of aryl methyl sites for hydroxylation is 1. The van der Waals surface area contributed by atoms with Gasteiger partial charge in [0.25, 0.3) is 0 Å². The van der Waals surface area contributed by atoms with E-state index < -0.39 is 0 Å². The Balaban J connectivity index is 2.49. The standard InChI is InChI=1S/C15H15ClFN/c1-10-9-11(17)7-8-12(10)15(18-2)13-5-3-4-6-14(13)16/h3-9,15,18H,1-2H3. The molecular formula is C15H15ClFN. The highest BCUT2D eigenvalue weighted by molar-refractivity contribution is 6.31. The molecule has 2 aromatic rings. The second-order valence-corrected chi connectivity index (χ2v) is 4.65. The molecule has 94 valence electrons. The van der Waals surface area contributed by atoms with Crippen LogP contribution < -0.4 is 5.32 Å². The minimum Gasteiger partial charge on any atom is -0.309 e. The molecule has 3 heteroatoms. The van der Waals surface area contributed by atoms with Crippen molar-refractivity contribution in [2.75, 3.05) is 7.05 Å². The summed E-state index contributed by atoms with van der Waals surface area (Å²) >= 11 is 6.22. The molecule has 0 amide bonds. The lowest BCUT2D eigenvalue weighted by molar-refractivity contribution is 0.621. The number of benzene rings is 2. The van der Waals surface area contributed by atoms with Gasteiger partial charge in [-0.1, -0.05) is 35.9 Å². The second-order valence-electron chi connectivity index (χ2n) is 4.24. The fourth-order valence-corrected chi connectivity index (χ4v) is 2.40. The smallest absolute Gasteiger partial charge is 0.123 e. The number of hydrogen-bond donors (Lipinski definition) is 1. The Kier molecular flexibility index (Phi) is 4.00. The largest absolute Gasteiger partial charge is 0.309 e. The first-order valence-corrected chi connectivity index (χ1v) is 6.19. The molecule has 0 saturated heterocycles. The molecule has 1 N–H and O–H groups in total. The highest BCUT2D eigenvalue weighted by Gasteiger charge is 2.16. The van der Waals surface area contributed by atoms with Crippen molar-refractivity contribution in [1.82, 2.24) is 5.32 Å². The van der Waals surface area contributed by atoms with Crippen LogP contribution in [-0.2, 0) is 0 Å². The topological polar surface area (TPSA) is 12.0 Å². The van der Waals surface area contributed by atoms with Crippen molar-refractivity contribution in [1.29, 1.82) is 0 Å². The highest BCUT2D eigenvalue weighted by atomic mass is 35.5. The maximum atomic E-state index is 13.2. The summed E-state index contributed by atoms with van der Waals surface area (Å²) in [5.74, 6) is -0.217. The Morgan fingerprint density at radius 2 is 1.83 bits per heavy atom. The van der Waals surface area contributed by atoms with Crippen molar-refractivity contribution in [2.45, 2.75) is 13.0 Å². The van der Waals surface area contributed by atoms with Gasteiger partial charge in [0.05, 0.1) is 6.04 Å². The molecule has 0 bridgehead atoms. The highest BCUT2D eigenvalue weighted by Crippen LogP contribution is 2.29. The Hall–Kier alpha value is -1.38. The van der Waals surface area contributed by atoms with Crippen molar-refractivity contribution < 1.29 is 4.39 Å². The van der Waals surface area contributed by atoms with Crippen LogP contribution in [-0.4, -0.2) is 7.05 Å². The van der Waals surface area contributed by atoms with Crippen LogP contribution in [0.5, 0.6) is 0 Å². The van der Waals surface area contributed by atoms with Gasteiger partial charge in [0.2, 0.25) is 0 Å². The van der Waals surface area contributed by atoms with E-state index in [2.05, 4.69) is 5.32 Å². The fourth-order valence-electron chi connectivity index (χ4n) is 2.15. The predicted octanol–water partition coefficient (Wildman–Crippen LogP) is 4.10. The van der Waals surface area contributed by atoms with E-state index in [1.54, 1.807) is 6.07 Å². The summed E-state index contributed by atoms with van der Waals surface area (Å²) in [5, 5.41) is 3.94. The molecule has 0 spiro atoms. The first-order chi connectivity index (χ1) is 8.63. The molecule has 0 fully saturated rings. The van der Waals surface area contributed by atoms with E-state index in [1.807, 2.05) is 38.2 Å². The van der Waals surface area contributed by atoms with Gasteiger partial charge in [0.15, 0.2) is 0 Å². The molecule has 1 atom stereocenters. The lowest BCUT2D eigenvalue weighted by atomic mass is 9.95. The van der Waals surface area contributed by atoms with Crippen LogP contribution in [0.1, 0.15) is 22.7 Å². The number of rotatable bonds is 3. The summed E-state index contributed by atoms with van der Waals surface area (Å²) in [6.45, 7) is 1.90. The third-order valence-electron chi connectivity index (χ3n) is 3.05. The van der Waals surface area contributed by atoms with Gasteiger partial charge in [-0.25, -0.2) is 4.39 Å². The van der Waals surface area contributed by atoms with Crippen LogP contribution in [0.2, 0.25) is 5.02 Å². The zero-order valence-corrected chi connectivity index (χ0v) is 11.1. The molecule has 0 aliphatic carbocycles. The molecule has 1 unspecified atom stereocenters. The summed E-state index contributed by atoms with van der Waals surface area (Å²) in [6.07, 6.45) is 0. The van der Waals surface area contributed by atoms with Gasteiger partial charge in [-0.3, -0.25) is 0 Å². The third kappa shape index (κ3) is 2.55. The van der Waals surface area contributed by atoms with E-state index in [-0.39, 0.29) is 11.9 Å². The quantitative estimate of drug-likeness (QED) is 0.879. The van der Waals surface area contributed by atoms with Crippen LogP contribution in [0.25, 0.3) is 0 Å². The molecule has 18 heavy (non-hydrogen) atoms. The van der Waals surface area contributed by atoms with Crippen molar-refractivity contribution in [3.63, 3.8) is 0 Å². The van der Waals surface area contributed by atoms with Gasteiger partial charge in [0.1, 0.15) is 5.82 Å². The van der Waals surface area contributed by atoms with Gasteiger partial charge < -0.3 is 5.32 Å². The van der Waals surface area contributed by atoms with Crippen LogP contribution >= 0.6 is 11.6 Å². The minimum absolute atomic E-state index is 0.0284. The average Bonchev–Trinajstić information content (AvgIpc) is 2.34. The maximum absolute atomic E-state index is 13.2. The molecule has 0 aromatic heterocycles. The maximum Gasteiger partial charge on any atom is 0.123 e. The van der Waals surface area contributed by atoms with E-state index in [0.717, 1.165) is 16.7 Å². The summed E-state index contributed by atoms with van der Waals surface area (Å²) in [7, 11) is 1.87. The van der Waals surface area contributed by atoms with Gasteiger partial charge in [-0.2, -0.15) is 0 Å². The minimum atomic E-state index is -0.217. The Morgan fingerprint density at radius 1 is 1.11 bits per heavy atom. The van der Waals surface area contributed by atoms with Gasteiger partial charge in [-0.15, -0.1) is 0 Å². The Labute approximate surface area is 112 Å².